The molecular formula is C15H27ClN4OSi. The summed E-state index contributed by atoms with van der Waals surface area (Å²) in [6, 6.07) is 0.395. The molecule has 1 saturated carbocycles. The van der Waals surface area contributed by atoms with Gasteiger partial charge in [0.1, 0.15) is 6.33 Å². The number of nitrogens with one attached hydrogen (secondary N) is 1. The van der Waals surface area contributed by atoms with Crippen LogP contribution in [0.1, 0.15) is 40.0 Å². The van der Waals surface area contributed by atoms with E-state index in [1.165, 1.54) is 12.7 Å². The van der Waals surface area contributed by atoms with Gasteiger partial charge in [0.2, 0.25) is 11.2 Å². The fraction of sp³-hybridized carbons (Fsp3) is 0.800. The second-order valence-corrected chi connectivity index (χ2v) is 12.8. The van der Waals surface area contributed by atoms with Crippen molar-refractivity contribution < 1.29 is 4.43 Å². The Kier molecular flexibility index (Phi) is 5.45. The summed E-state index contributed by atoms with van der Waals surface area (Å²) < 4.78 is 6.34. The summed E-state index contributed by atoms with van der Waals surface area (Å²) in [5.41, 5.74) is 0. The Bertz CT molecular complexity index is 507. The summed E-state index contributed by atoms with van der Waals surface area (Å²) in [6.07, 6.45) is 4.84. The molecule has 7 heteroatoms. The normalized spacial score (nSPS) is 22.8. The maximum Gasteiger partial charge on any atom is 0.227 e. The van der Waals surface area contributed by atoms with Crippen molar-refractivity contribution >= 4 is 25.9 Å². The molecule has 0 unspecified atom stereocenters. The Morgan fingerprint density at radius 3 is 2.68 bits per heavy atom. The molecule has 1 aliphatic carbocycles. The van der Waals surface area contributed by atoms with Crippen LogP contribution in [0.15, 0.2) is 6.33 Å². The number of halogens is 1. The van der Waals surface area contributed by atoms with Crippen LogP contribution in [0.3, 0.4) is 0 Å². The van der Waals surface area contributed by atoms with Crippen LogP contribution in [0.4, 0.5) is 5.95 Å². The molecule has 1 N–H and O–H groups in total. The molecule has 0 radical (unpaired) electrons. The van der Waals surface area contributed by atoms with Gasteiger partial charge in [-0.1, -0.05) is 20.8 Å². The van der Waals surface area contributed by atoms with Crippen molar-refractivity contribution in [3.8, 4) is 0 Å². The third-order valence-corrected chi connectivity index (χ3v) is 9.59. The quantitative estimate of drug-likeness (QED) is 0.815. The summed E-state index contributed by atoms with van der Waals surface area (Å²) in [7, 11) is -1.65. The first-order valence-electron chi connectivity index (χ1n) is 7.92. The van der Waals surface area contributed by atoms with Gasteiger partial charge in [0.25, 0.3) is 0 Å². The summed E-state index contributed by atoms with van der Waals surface area (Å²) in [5, 5.41) is 3.85. The van der Waals surface area contributed by atoms with E-state index in [1.54, 1.807) is 0 Å². The highest BCUT2D eigenvalue weighted by Gasteiger charge is 2.38. The number of hydrogen-bond acceptors (Lipinski definition) is 5. The van der Waals surface area contributed by atoms with Gasteiger partial charge in [0.05, 0.1) is 0 Å². The third kappa shape index (κ3) is 4.63. The number of aromatic nitrogens is 3. The molecule has 0 spiro atoms. The third-order valence-electron chi connectivity index (χ3n) is 4.90. The maximum atomic E-state index is 6.34. The first kappa shape index (κ1) is 17.6. The van der Waals surface area contributed by atoms with Crippen LogP contribution in [0.25, 0.3) is 0 Å². The highest BCUT2D eigenvalue weighted by atomic mass is 35.5. The maximum absolute atomic E-state index is 6.34. The Labute approximate surface area is 139 Å². The lowest BCUT2D eigenvalue weighted by Crippen LogP contribution is -2.41. The molecule has 2 atom stereocenters. The van der Waals surface area contributed by atoms with Crippen LogP contribution in [-0.2, 0) is 4.43 Å². The zero-order chi connectivity index (χ0) is 16.4. The van der Waals surface area contributed by atoms with Crippen molar-refractivity contribution in [2.75, 3.05) is 11.9 Å². The van der Waals surface area contributed by atoms with Crippen molar-refractivity contribution in [3.63, 3.8) is 0 Å². The van der Waals surface area contributed by atoms with Crippen molar-refractivity contribution in [1.29, 1.82) is 0 Å². The van der Waals surface area contributed by atoms with Crippen molar-refractivity contribution in [3.05, 3.63) is 11.6 Å². The number of hydrogen-bond donors (Lipinski definition) is 1. The fourth-order valence-electron chi connectivity index (χ4n) is 2.43. The van der Waals surface area contributed by atoms with Crippen molar-refractivity contribution in [2.45, 2.75) is 64.2 Å². The van der Waals surface area contributed by atoms with Gasteiger partial charge < -0.3 is 9.74 Å². The van der Waals surface area contributed by atoms with Crippen molar-refractivity contribution in [2.24, 2.45) is 5.92 Å². The number of nitrogens with zero attached hydrogens (tertiary/aromatic N) is 3. The number of rotatable bonds is 5. The van der Waals surface area contributed by atoms with E-state index in [9.17, 15) is 0 Å². The second-order valence-electron chi connectivity index (χ2n) is 7.67. The fourth-order valence-corrected chi connectivity index (χ4v) is 3.64. The first-order valence-corrected chi connectivity index (χ1v) is 11.2. The monoisotopic (exact) mass is 342 g/mol. The van der Waals surface area contributed by atoms with Crippen LogP contribution in [-0.4, -0.2) is 35.9 Å². The lowest BCUT2D eigenvalue weighted by molar-refractivity contribution is 0.230. The van der Waals surface area contributed by atoms with E-state index in [-0.39, 0.29) is 10.3 Å². The molecule has 124 valence electrons. The van der Waals surface area contributed by atoms with Gasteiger partial charge in [0, 0.05) is 12.6 Å². The molecule has 1 aliphatic rings. The van der Waals surface area contributed by atoms with Crippen LogP contribution >= 0.6 is 11.6 Å². The second kappa shape index (κ2) is 6.80. The van der Waals surface area contributed by atoms with Crippen LogP contribution < -0.4 is 5.32 Å². The minimum absolute atomic E-state index is 0.230. The molecule has 1 aromatic rings. The van der Waals surface area contributed by atoms with Gasteiger partial charge >= 0.3 is 0 Å². The van der Waals surface area contributed by atoms with Gasteiger partial charge in [0.15, 0.2) is 8.32 Å². The van der Waals surface area contributed by atoms with Gasteiger partial charge in [-0.3, -0.25) is 0 Å². The van der Waals surface area contributed by atoms with Gasteiger partial charge in [-0.2, -0.15) is 4.98 Å². The Morgan fingerprint density at radius 1 is 1.32 bits per heavy atom. The molecule has 0 aromatic carbocycles. The van der Waals surface area contributed by atoms with Gasteiger partial charge in [-0.15, -0.1) is 0 Å². The largest absolute Gasteiger partial charge is 0.417 e. The van der Waals surface area contributed by atoms with Crippen molar-refractivity contribution in [1.82, 2.24) is 15.0 Å². The van der Waals surface area contributed by atoms with E-state index in [1.807, 2.05) is 0 Å². The molecule has 0 bridgehead atoms. The molecule has 0 amide bonds. The standard InChI is InChI=1S/C15H27ClN4OSi/c1-15(2,3)22(4,5)21-9-11-6-7-12(8-11)19-14-18-10-17-13(16)20-14/h10-12H,6-9H2,1-5H3,(H,17,18,19,20)/t11-,12+/m1/s1. The summed E-state index contributed by atoms with van der Waals surface area (Å²) in [4.78, 5) is 12.0. The highest BCUT2D eigenvalue weighted by molar-refractivity contribution is 6.74. The number of anilines is 1. The predicted molar refractivity (Wildman–Crippen MR) is 92.7 cm³/mol. The molecule has 0 saturated heterocycles. The van der Waals surface area contributed by atoms with Crippen LogP contribution in [0.2, 0.25) is 23.4 Å². The molecule has 5 nitrogen and oxygen atoms in total. The summed E-state index contributed by atoms with van der Waals surface area (Å²) in [5.74, 6) is 1.18. The summed E-state index contributed by atoms with van der Waals surface area (Å²) in [6.45, 7) is 12.3. The van der Waals surface area contributed by atoms with Gasteiger partial charge in [-0.25, -0.2) is 9.97 Å². The van der Waals surface area contributed by atoms with Crippen LogP contribution in [0.5, 0.6) is 0 Å². The topological polar surface area (TPSA) is 59.9 Å². The molecule has 1 fully saturated rings. The lowest BCUT2D eigenvalue weighted by atomic mass is 10.1. The zero-order valence-electron chi connectivity index (χ0n) is 14.2. The summed E-state index contributed by atoms with van der Waals surface area (Å²) >= 11 is 5.78. The Balaban J connectivity index is 1.81. The minimum atomic E-state index is -1.65. The van der Waals surface area contributed by atoms with E-state index in [0.29, 0.717) is 17.9 Å². The van der Waals surface area contributed by atoms with Crippen LogP contribution in [0, 0.1) is 5.92 Å². The SMILES string of the molecule is CC(C)(C)[Si](C)(C)OC[C@@H]1CC[C@H](Nc2ncnc(Cl)n2)C1. The van der Waals surface area contributed by atoms with E-state index < -0.39 is 8.32 Å². The average Bonchev–Trinajstić information content (AvgIpc) is 2.83. The zero-order valence-corrected chi connectivity index (χ0v) is 15.9. The van der Waals surface area contributed by atoms with E-state index in [4.69, 9.17) is 16.0 Å². The Hall–Kier alpha value is -0.723. The van der Waals surface area contributed by atoms with E-state index in [2.05, 4.69) is 54.1 Å². The molecule has 1 aromatic heterocycles. The highest BCUT2D eigenvalue weighted by Crippen LogP contribution is 2.38. The molecule has 22 heavy (non-hydrogen) atoms. The Morgan fingerprint density at radius 2 is 2.05 bits per heavy atom. The van der Waals surface area contributed by atoms with Gasteiger partial charge in [-0.05, 0) is 54.9 Å². The molecule has 1 heterocycles. The molecular weight excluding hydrogens is 316 g/mol. The lowest BCUT2D eigenvalue weighted by Gasteiger charge is -2.37. The predicted octanol–water partition coefficient (Wildman–Crippen LogP) is 4.13. The average molecular weight is 343 g/mol. The minimum Gasteiger partial charge on any atom is -0.417 e. The van der Waals surface area contributed by atoms with E-state index in [0.717, 1.165) is 19.4 Å². The first-order chi connectivity index (χ1) is 10.2. The van der Waals surface area contributed by atoms with E-state index >= 15 is 0 Å². The molecule has 0 aliphatic heterocycles. The smallest absolute Gasteiger partial charge is 0.227 e. The molecule has 2 rings (SSSR count).